The summed E-state index contributed by atoms with van der Waals surface area (Å²) in [7, 11) is 0. The summed E-state index contributed by atoms with van der Waals surface area (Å²) < 4.78 is 13.3. The predicted octanol–water partition coefficient (Wildman–Crippen LogP) is 4.52. The molecule has 1 aliphatic heterocycles. The highest BCUT2D eigenvalue weighted by Crippen LogP contribution is 2.23. The van der Waals surface area contributed by atoms with E-state index in [1.807, 2.05) is 4.90 Å². The number of nitrogens with zero attached hydrogens (tertiary/aromatic N) is 2. The summed E-state index contributed by atoms with van der Waals surface area (Å²) in [6, 6.07) is 12.5. The van der Waals surface area contributed by atoms with E-state index in [1.54, 1.807) is 36.4 Å². The Hall–Kier alpha value is -2.99. The molecular formula is C21H17ClFN3O2. The maximum absolute atomic E-state index is 13.3. The minimum absolute atomic E-state index is 0.0140. The number of pyridine rings is 1. The molecule has 0 aliphatic carbocycles. The van der Waals surface area contributed by atoms with E-state index in [1.165, 1.54) is 12.1 Å². The van der Waals surface area contributed by atoms with Gasteiger partial charge in [0.25, 0.3) is 11.8 Å². The molecule has 2 aromatic carbocycles. The molecule has 0 unspecified atom stereocenters. The van der Waals surface area contributed by atoms with Gasteiger partial charge in [-0.25, -0.2) is 9.37 Å². The van der Waals surface area contributed by atoms with E-state index >= 15 is 0 Å². The Balaban J connectivity index is 1.57. The topological polar surface area (TPSA) is 62.3 Å². The molecule has 1 fully saturated rings. The lowest BCUT2D eigenvalue weighted by Crippen LogP contribution is -2.27. The highest BCUT2D eigenvalue weighted by atomic mass is 35.5. The van der Waals surface area contributed by atoms with Crippen molar-refractivity contribution in [1.82, 2.24) is 9.88 Å². The lowest BCUT2D eigenvalue weighted by Gasteiger charge is -2.16. The average Bonchev–Trinajstić information content (AvgIpc) is 3.21. The number of benzene rings is 2. The second-order valence-corrected chi connectivity index (χ2v) is 7.06. The minimum Gasteiger partial charge on any atom is -0.339 e. The maximum atomic E-state index is 13.3. The van der Waals surface area contributed by atoms with Crippen LogP contribution in [0.5, 0.6) is 0 Å². The predicted molar refractivity (Wildman–Crippen MR) is 106 cm³/mol. The summed E-state index contributed by atoms with van der Waals surface area (Å²) in [5.74, 6) is -0.914. The van der Waals surface area contributed by atoms with Crippen LogP contribution >= 0.6 is 11.6 Å². The van der Waals surface area contributed by atoms with Crippen LogP contribution in [0.4, 0.5) is 10.1 Å². The van der Waals surface area contributed by atoms with Crippen LogP contribution in [0.25, 0.3) is 10.9 Å². The molecule has 1 N–H and O–H groups in total. The van der Waals surface area contributed by atoms with Gasteiger partial charge < -0.3 is 10.2 Å². The van der Waals surface area contributed by atoms with E-state index in [2.05, 4.69) is 10.3 Å². The molecule has 3 aromatic rings. The molecule has 142 valence electrons. The first-order chi connectivity index (χ1) is 13.5. The van der Waals surface area contributed by atoms with Crippen molar-refractivity contribution in [2.45, 2.75) is 12.8 Å². The molecule has 0 spiro atoms. The second-order valence-electron chi connectivity index (χ2n) is 6.70. The van der Waals surface area contributed by atoms with Crippen molar-refractivity contribution in [3.05, 3.63) is 70.6 Å². The van der Waals surface area contributed by atoms with Gasteiger partial charge in [0.05, 0.1) is 11.1 Å². The molecule has 4 rings (SSSR count). The smallest absolute Gasteiger partial charge is 0.258 e. The molecular weight excluding hydrogens is 381 g/mol. The Morgan fingerprint density at radius 1 is 1.07 bits per heavy atom. The highest BCUT2D eigenvalue weighted by Gasteiger charge is 2.20. The van der Waals surface area contributed by atoms with E-state index in [0.717, 1.165) is 25.9 Å². The summed E-state index contributed by atoms with van der Waals surface area (Å²) in [5, 5.41) is 3.34. The number of likely N-dealkylation sites (tertiary alicyclic amines) is 1. The third kappa shape index (κ3) is 3.68. The fourth-order valence-electron chi connectivity index (χ4n) is 3.31. The van der Waals surface area contributed by atoms with E-state index in [9.17, 15) is 14.0 Å². The first kappa shape index (κ1) is 18.4. The monoisotopic (exact) mass is 397 g/mol. The maximum Gasteiger partial charge on any atom is 0.258 e. The van der Waals surface area contributed by atoms with Gasteiger partial charge in [-0.3, -0.25) is 9.59 Å². The van der Waals surface area contributed by atoms with Gasteiger partial charge in [0.15, 0.2) is 0 Å². The molecule has 2 amide bonds. The average molecular weight is 398 g/mol. The third-order valence-electron chi connectivity index (χ3n) is 4.74. The fourth-order valence-corrected chi connectivity index (χ4v) is 3.54. The SMILES string of the molecule is O=C(Nc1cccc(C(=O)N2CCCC2)c1)c1cc2ccc(F)cc2nc1Cl. The zero-order valence-electron chi connectivity index (χ0n) is 14.9. The van der Waals surface area contributed by atoms with Crippen molar-refractivity contribution in [2.75, 3.05) is 18.4 Å². The van der Waals surface area contributed by atoms with Gasteiger partial charge in [-0.2, -0.15) is 0 Å². The quantitative estimate of drug-likeness (QED) is 0.661. The van der Waals surface area contributed by atoms with Gasteiger partial charge in [0.1, 0.15) is 11.0 Å². The summed E-state index contributed by atoms with van der Waals surface area (Å²) in [4.78, 5) is 31.1. The number of nitrogens with one attached hydrogen (secondary N) is 1. The Kier molecular flexibility index (Phi) is 4.96. The first-order valence-electron chi connectivity index (χ1n) is 8.98. The molecule has 1 aliphatic rings. The molecule has 0 bridgehead atoms. The van der Waals surface area contributed by atoms with E-state index in [0.29, 0.717) is 22.2 Å². The number of carbonyl (C=O) groups is 2. The van der Waals surface area contributed by atoms with Gasteiger partial charge >= 0.3 is 0 Å². The molecule has 7 heteroatoms. The van der Waals surface area contributed by atoms with Crippen LogP contribution in [0.15, 0.2) is 48.5 Å². The largest absolute Gasteiger partial charge is 0.339 e. The molecule has 0 radical (unpaired) electrons. The number of carbonyl (C=O) groups excluding carboxylic acids is 2. The lowest BCUT2D eigenvalue weighted by molar-refractivity contribution is 0.0792. The van der Waals surface area contributed by atoms with Gasteiger partial charge in [0, 0.05) is 35.8 Å². The van der Waals surface area contributed by atoms with Crippen LogP contribution in [-0.4, -0.2) is 34.8 Å². The number of fused-ring (bicyclic) bond motifs is 1. The number of anilines is 1. The summed E-state index contributed by atoms with van der Waals surface area (Å²) in [6.45, 7) is 1.52. The third-order valence-corrected chi connectivity index (χ3v) is 5.03. The summed E-state index contributed by atoms with van der Waals surface area (Å²) in [6.07, 6.45) is 2.03. The van der Waals surface area contributed by atoms with Crippen molar-refractivity contribution >= 4 is 40.0 Å². The number of hydrogen-bond donors (Lipinski definition) is 1. The Morgan fingerprint density at radius 3 is 2.64 bits per heavy atom. The standard InChI is InChI=1S/C21H17ClFN3O2/c22-19-17(11-13-6-7-15(23)12-18(13)25-19)20(27)24-16-5-3-4-14(10-16)21(28)26-8-1-2-9-26/h3-7,10-12H,1-2,8-9H2,(H,24,27). The summed E-state index contributed by atoms with van der Waals surface area (Å²) in [5.41, 5.74) is 1.57. The molecule has 0 atom stereocenters. The number of aromatic nitrogens is 1. The Labute approximate surface area is 166 Å². The van der Waals surface area contributed by atoms with Crippen LogP contribution < -0.4 is 5.32 Å². The Bertz CT molecular complexity index is 1080. The minimum atomic E-state index is -0.450. The number of hydrogen-bond acceptors (Lipinski definition) is 3. The number of amides is 2. The van der Waals surface area contributed by atoms with E-state index in [-0.39, 0.29) is 16.6 Å². The highest BCUT2D eigenvalue weighted by molar-refractivity contribution is 6.33. The van der Waals surface area contributed by atoms with Crippen molar-refractivity contribution in [3.8, 4) is 0 Å². The van der Waals surface area contributed by atoms with E-state index < -0.39 is 11.7 Å². The lowest BCUT2D eigenvalue weighted by atomic mass is 10.1. The molecule has 5 nitrogen and oxygen atoms in total. The van der Waals surface area contributed by atoms with Crippen molar-refractivity contribution in [3.63, 3.8) is 0 Å². The number of halogens is 2. The van der Waals surface area contributed by atoms with Crippen molar-refractivity contribution in [1.29, 1.82) is 0 Å². The van der Waals surface area contributed by atoms with Gasteiger partial charge in [0.2, 0.25) is 0 Å². The first-order valence-corrected chi connectivity index (χ1v) is 9.35. The van der Waals surface area contributed by atoms with Gasteiger partial charge in [-0.05, 0) is 49.2 Å². The molecule has 1 aromatic heterocycles. The normalized spacial score (nSPS) is 13.7. The Morgan fingerprint density at radius 2 is 1.86 bits per heavy atom. The van der Waals surface area contributed by atoms with Gasteiger partial charge in [-0.1, -0.05) is 17.7 Å². The molecule has 0 saturated carbocycles. The summed E-state index contributed by atoms with van der Waals surface area (Å²) >= 11 is 6.13. The second kappa shape index (κ2) is 7.56. The van der Waals surface area contributed by atoms with Crippen LogP contribution in [0, 0.1) is 5.82 Å². The number of rotatable bonds is 3. The van der Waals surface area contributed by atoms with Crippen LogP contribution in [-0.2, 0) is 0 Å². The zero-order chi connectivity index (χ0) is 19.7. The molecule has 28 heavy (non-hydrogen) atoms. The van der Waals surface area contributed by atoms with Gasteiger partial charge in [-0.15, -0.1) is 0 Å². The van der Waals surface area contributed by atoms with Crippen LogP contribution in [0.1, 0.15) is 33.6 Å². The van der Waals surface area contributed by atoms with Crippen LogP contribution in [0.3, 0.4) is 0 Å². The zero-order valence-corrected chi connectivity index (χ0v) is 15.7. The molecule has 2 heterocycles. The van der Waals surface area contributed by atoms with E-state index in [4.69, 9.17) is 11.6 Å². The fraction of sp³-hybridized carbons (Fsp3) is 0.190. The van der Waals surface area contributed by atoms with Crippen molar-refractivity contribution in [2.24, 2.45) is 0 Å². The molecule has 1 saturated heterocycles. The van der Waals surface area contributed by atoms with Crippen molar-refractivity contribution < 1.29 is 14.0 Å². The van der Waals surface area contributed by atoms with Crippen LogP contribution in [0.2, 0.25) is 5.15 Å².